The van der Waals surface area contributed by atoms with Gasteiger partial charge in [-0.1, -0.05) is 0 Å². The second-order valence-electron chi connectivity index (χ2n) is 5.17. The maximum absolute atomic E-state index is 12.0. The first kappa shape index (κ1) is 14.1. The molecule has 0 saturated carbocycles. The van der Waals surface area contributed by atoms with Gasteiger partial charge in [-0.3, -0.25) is 14.5 Å². The van der Waals surface area contributed by atoms with Gasteiger partial charge in [0.25, 0.3) is 0 Å². The van der Waals surface area contributed by atoms with Crippen molar-refractivity contribution in [3.8, 4) is 0 Å². The van der Waals surface area contributed by atoms with E-state index in [-0.39, 0.29) is 30.3 Å². The molecular weight excluding hydrogens is 218 g/mol. The first-order valence-electron chi connectivity index (χ1n) is 6.10. The molecule has 0 aromatic heterocycles. The second kappa shape index (κ2) is 5.60. The second-order valence-corrected chi connectivity index (χ2v) is 5.17. The highest BCUT2D eigenvalue weighted by atomic mass is 16.2. The van der Waals surface area contributed by atoms with Gasteiger partial charge in [0.15, 0.2) is 0 Å². The van der Waals surface area contributed by atoms with Crippen LogP contribution in [0.15, 0.2) is 0 Å². The van der Waals surface area contributed by atoms with Gasteiger partial charge in [-0.25, -0.2) is 0 Å². The Labute approximate surface area is 103 Å². The fourth-order valence-corrected chi connectivity index (χ4v) is 1.85. The molecule has 1 aliphatic rings. The number of imide groups is 1. The summed E-state index contributed by atoms with van der Waals surface area (Å²) in [6, 6.07) is -0.0497. The van der Waals surface area contributed by atoms with Crippen molar-refractivity contribution in [1.29, 1.82) is 0 Å². The van der Waals surface area contributed by atoms with Gasteiger partial charge in [0.1, 0.15) is 0 Å². The highest BCUT2D eigenvalue weighted by molar-refractivity contribution is 6.05. The minimum atomic E-state index is -0.340. The predicted molar refractivity (Wildman–Crippen MR) is 66.5 cm³/mol. The molecule has 1 fully saturated rings. The quantitative estimate of drug-likeness (QED) is 0.692. The molecule has 2 atom stereocenters. The third kappa shape index (κ3) is 3.26. The van der Waals surface area contributed by atoms with E-state index in [9.17, 15) is 9.59 Å². The van der Waals surface area contributed by atoms with Crippen molar-refractivity contribution in [3.63, 3.8) is 0 Å². The van der Waals surface area contributed by atoms with E-state index in [2.05, 4.69) is 17.1 Å². The fourth-order valence-electron chi connectivity index (χ4n) is 1.85. The van der Waals surface area contributed by atoms with Gasteiger partial charge >= 0.3 is 0 Å². The summed E-state index contributed by atoms with van der Waals surface area (Å²) in [6.45, 7) is 6.51. The lowest BCUT2D eigenvalue weighted by atomic mass is 10.2. The average molecular weight is 241 g/mol. The normalized spacial score (nSPS) is 23.0. The summed E-state index contributed by atoms with van der Waals surface area (Å²) in [5.74, 6) is -0.157. The Bertz CT molecular complexity index is 302. The molecule has 2 unspecified atom stereocenters. The van der Waals surface area contributed by atoms with Gasteiger partial charge in [0.2, 0.25) is 11.8 Å². The van der Waals surface area contributed by atoms with E-state index < -0.39 is 0 Å². The van der Waals surface area contributed by atoms with E-state index in [1.54, 1.807) is 0 Å². The van der Waals surface area contributed by atoms with Crippen LogP contribution in [0.1, 0.15) is 27.2 Å². The summed E-state index contributed by atoms with van der Waals surface area (Å²) in [5.41, 5.74) is 0. The molecule has 0 spiro atoms. The SMILES string of the molecule is CC(CNC1CC(=O)N(C(C)C)C1=O)N(C)C. The van der Waals surface area contributed by atoms with Crippen LogP contribution in [0.5, 0.6) is 0 Å². The predicted octanol–water partition coefficient (Wildman–Crippen LogP) is 0.0620. The van der Waals surface area contributed by atoms with Crippen molar-refractivity contribution in [1.82, 2.24) is 15.1 Å². The van der Waals surface area contributed by atoms with Gasteiger partial charge in [0.05, 0.1) is 12.5 Å². The zero-order chi connectivity index (χ0) is 13.2. The molecule has 98 valence electrons. The van der Waals surface area contributed by atoms with Crippen LogP contribution in [0, 0.1) is 0 Å². The molecule has 1 rings (SSSR count). The van der Waals surface area contributed by atoms with Crippen LogP contribution in [0.2, 0.25) is 0 Å². The molecule has 0 aliphatic carbocycles. The first-order chi connectivity index (χ1) is 7.84. The summed E-state index contributed by atoms with van der Waals surface area (Å²) in [7, 11) is 3.99. The topological polar surface area (TPSA) is 52.7 Å². The number of amides is 2. The Morgan fingerprint density at radius 2 is 1.94 bits per heavy atom. The minimum absolute atomic E-state index is 0.0481. The number of nitrogens with zero attached hydrogens (tertiary/aromatic N) is 2. The number of carbonyl (C=O) groups excluding carboxylic acids is 2. The van der Waals surface area contributed by atoms with Crippen molar-refractivity contribution in [3.05, 3.63) is 0 Å². The molecule has 1 aliphatic heterocycles. The minimum Gasteiger partial charge on any atom is -0.305 e. The smallest absolute Gasteiger partial charge is 0.247 e. The first-order valence-corrected chi connectivity index (χ1v) is 6.10. The number of nitrogens with one attached hydrogen (secondary N) is 1. The Kier molecular flexibility index (Phi) is 4.65. The molecule has 0 aromatic carbocycles. The van der Waals surface area contributed by atoms with Gasteiger partial charge in [-0.2, -0.15) is 0 Å². The van der Waals surface area contributed by atoms with Gasteiger partial charge in [-0.05, 0) is 34.9 Å². The number of rotatable bonds is 5. The number of likely N-dealkylation sites (tertiary alicyclic amines) is 1. The zero-order valence-corrected chi connectivity index (χ0v) is 11.4. The van der Waals surface area contributed by atoms with E-state index in [4.69, 9.17) is 0 Å². The number of hydrogen-bond acceptors (Lipinski definition) is 4. The fraction of sp³-hybridized carbons (Fsp3) is 0.833. The third-order valence-electron chi connectivity index (χ3n) is 3.24. The van der Waals surface area contributed by atoms with Gasteiger partial charge in [0, 0.05) is 18.6 Å². The molecule has 17 heavy (non-hydrogen) atoms. The van der Waals surface area contributed by atoms with Crippen LogP contribution in [0.3, 0.4) is 0 Å². The van der Waals surface area contributed by atoms with Crippen molar-refractivity contribution < 1.29 is 9.59 Å². The van der Waals surface area contributed by atoms with Crippen LogP contribution in [0.25, 0.3) is 0 Å². The lowest BCUT2D eigenvalue weighted by Crippen LogP contribution is -2.45. The summed E-state index contributed by atoms with van der Waals surface area (Å²) in [4.78, 5) is 27.1. The molecule has 1 heterocycles. The van der Waals surface area contributed by atoms with Crippen molar-refractivity contribution >= 4 is 11.8 Å². The van der Waals surface area contributed by atoms with Crippen LogP contribution in [-0.4, -0.2) is 60.4 Å². The van der Waals surface area contributed by atoms with Crippen LogP contribution in [-0.2, 0) is 9.59 Å². The summed E-state index contributed by atoms with van der Waals surface area (Å²) < 4.78 is 0. The van der Waals surface area contributed by atoms with E-state index in [0.717, 1.165) is 0 Å². The number of likely N-dealkylation sites (N-methyl/N-ethyl adjacent to an activating group) is 1. The maximum atomic E-state index is 12.0. The van der Waals surface area contributed by atoms with Crippen LogP contribution >= 0.6 is 0 Å². The monoisotopic (exact) mass is 241 g/mol. The summed E-state index contributed by atoms with van der Waals surface area (Å²) in [5, 5.41) is 3.17. The molecule has 5 heteroatoms. The molecule has 5 nitrogen and oxygen atoms in total. The van der Waals surface area contributed by atoms with E-state index in [1.807, 2.05) is 27.9 Å². The van der Waals surface area contributed by atoms with Crippen LogP contribution < -0.4 is 5.32 Å². The molecule has 0 radical (unpaired) electrons. The van der Waals surface area contributed by atoms with E-state index in [1.165, 1.54) is 4.90 Å². The van der Waals surface area contributed by atoms with Crippen molar-refractivity contribution in [2.45, 2.75) is 45.3 Å². The van der Waals surface area contributed by atoms with Crippen molar-refractivity contribution in [2.24, 2.45) is 0 Å². The summed E-state index contributed by atoms with van der Waals surface area (Å²) >= 11 is 0. The lowest BCUT2D eigenvalue weighted by Gasteiger charge is -2.22. The molecule has 1 N–H and O–H groups in total. The van der Waals surface area contributed by atoms with Crippen LogP contribution in [0.4, 0.5) is 0 Å². The molecule has 1 saturated heterocycles. The molecule has 2 amide bonds. The standard InChI is InChI=1S/C12H23N3O2/c1-8(2)15-11(16)6-10(12(15)17)13-7-9(3)14(4)5/h8-10,13H,6-7H2,1-5H3. The summed E-state index contributed by atoms with van der Waals surface area (Å²) in [6.07, 6.45) is 0.289. The van der Waals surface area contributed by atoms with Gasteiger partial charge < -0.3 is 10.2 Å². The maximum Gasteiger partial charge on any atom is 0.247 e. The highest BCUT2D eigenvalue weighted by Gasteiger charge is 2.39. The highest BCUT2D eigenvalue weighted by Crippen LogP contribution is 2.16. The largest absolute Gasteiger partial charge is 0.305 e. The Morgan fingerprint density at radius 3 is 2.35 bits per heavy atom. The molecule has 0 bridgehead atoms. The number of hydrogen-bond donors (Lipinski definition) is 1. The number of carbonyl (C=O) groups is 2. The molecular formula is C12H23N3O2. The zero-order valence-electron chi connectivity index (χ0n) is 11.4. The lowest BCUT2D eigenvalue weighted by molar-refractivity contribution is -0.140. The van der Waals surface area contributed by atoms with E-state index >= 15 is 0 Å². The Balaban J connectivity index is 2.52. The Morgan fingerprint density at radius 1 is 1.35 bits per heavy atom. The third-order valence-corrected chi connectivity index (χ3v) is 3.24. The van der Waals surface area contributed by atoms with Crippen molar-refractivity contribution in [2.75, 3.05) is 20.6 Å². The van der Waals surface area contributed by atoms with Gasteiger partial charge in [-0.15, -0.1) is 0 Å². The molecule has 0 aromatic rings. The van der Waals surface area contributed by atoms with E-state index in [0.29, 0.717) is 12.6 Å². The Hall–Kier alpha value is -0.940. The average Bonchev–Trinajstić information content (AvgIpc) is 2.50.